The molecule has 37 heavy (non-hydrogen) atoms. The zero-order valence-electron chi connectivity index (χ0n) is 21.8. The van der Waals surface area contributed by atoms with E-state index in [9.17, 15) is 29.4 Å². The molecule has 0 saturated heterocycles. The minimum atomic E-state index is -1.51. The van der Waals surface area contributed by atoms with Crippen LogP contribution in [-0.2, 0) is 25.6 Å². The first-order valence-electron chi connectivity index (χ1n) is 12.5. The van der Waals surface area contributed by atoms with Gasteiger partial charge in [-0.15, -0.1) is 0 Å². The molecule has 0 spiro atoms. The van der Waals surface area contributed by atoms with Crippen molar-refractivity contribution in [2.75, 3.05) is 6.61 Å². The van der Waals surface area contributed by atoms with E-state index in [-0.39, 0.29) is 18.3 Å². The number of nitrogens with one attached hydrogen (secondary N) is 4. The lowest BCUT2D eigenvalue weighted by molar-refractivity contribution is -0.143. The molecule has 0 saturated carbocycles. The van der Waals surface area contributed by atoms with Crippen LogP contribution in [-0.4, -0.2) is 69.7 Å². The molecule has 11 nitrogen and oxygen atoms in total. The van der Waals surface area contributed by atoms with E-state index >= 15 is 0 Å². The standard InChI is InChI=1S/C26H39N5O6/c1-5-15(4)22(25(35)30-21(13-32)26(36)37)31-24(34)20(29-23(33)18(27)10-14(2)3)11-16-12-28-19-9-7-6-8-17(16)19/h6-9,12,14-15,18,20-22,28,32H,5,10-11,13,27H2,1-4H3,(H,29,33)(H,30,35)(H,31,34)(H,36,37). The molecule has 0 fully saturated rings. The van der Waals surface area contributed by atoms with Crippen LogP contribution in [0.4, 0.5) is 0 Å². The molecule has 0 bridgehead atoms. The Balaban J connectivity index is 2.31. The predicted octanol–water partition coefficient (Wildman–Crippen LogP) is 0.661. The summed E-state index contributed by atoms with van der Waals surface area (Å²) < 4.78 is 0. The number of aliphatic hydroxyl groups excluding tert-OH is 1. The number of carboxylic acids is 1. The number of H-pyrrole nitrogens is 1. The number of aliphatic carboxylic acids is 1. The Morgan fingerprint density at radius 3 is 2.22 bits per heavy atom. The van der Waals surface area contributed by atoms with Crippen molar-refractivity contribution in [3.05, 3.63) is 36.0 Å². The molecule has 2 aromatic rings. The average molecular weight is 518 g/mol. The minimum Gasteiger partial charge on any atom is -0.480 e. The van der Waals surface area contributed by atoms with Crippen molar-refractivity contribution in [2.24, 2.45) is 17.6 Å². The zero-order valence-corrected chi connectivity index (χ0v) is 21.8. The van der Waals surface area contributed by atoms with Crippen molar-refractivity contribution < 1.29 is 29.4 Å². The summed E-state index contributed by atoms with van der Waals surface area (Å²) in [7, 11) is 0. The number of carbonyl (C=O) groups is 4. The molecule has 2 rings (SSSR count). The number of carboxylic acid groups (broad SMARTS) is 1. The SMILES string of the molecule is CCC(C)C(NC(=O)C(Cc1c[nH]c2ccccc12)NC(=O)C(N)CC(C)C)C(=O)NC(CO)C(=O)O. The molecule has 1 aromatic carbocycles. The summed E-state index contributed by atoms with van der Waals surface area (Å²) in [4.78, 5) is 53.7. The molecule has 5 unspecified atom stereocenters. The summed E-state index contributed by atoms with van der Waals surface area (Å²) in [5.41, 5.74) is 7.73. The Bertz CT molecular complexity index is 1080. The Labute approximate surface area is 216 Å². The van der Waals surface area contributed by atoms with E-state index in [1.807, 2.05) is 45.0 Å². The maximum Gasteiger partial charge on any atom is 0.328 e. The van der Waals surface area contributed by atoms with Gasteiger partial charge in [0.05, 0.1) is 12.6 Å². The topological polar surface area (TPSA) is 187 Å². The highest BCUT2D eigenvalue weighted by atomic mass is 16.4. The van der Waals surface area contributed by atoms with Gasteiger partial charge in [0.25, 0.3) is 0 Å². The molecule has 1 heterocycles. The van der Waals surface area contributed by atoms with Gasteiger partial charge < -0.3 is 36.9 Å². The minimum absolute atomic E-state index is 0.138. The highest BCUT2D eigenvalue weighted by Crippen LogP contribution is 2.20. The van der Waals surface area contributed by atoms with E-state index in [1.165, 1.54) is 0 Å². The van der Waals surface area contributed by atoms with Crippen molar-refractivity contribution in [3.8, 4) is 0 Å². The summed E-state index contributed by atoms with van der Waals surface area (Å²) in [5.74, 6) is -3.40. The molecule has 0 aliphatic carbocycles. The van der Waals surface area contributed by atoms with Crippen LogP contribution in [0, 0.1) is 11.8 Å². The van der Waals surface area contributed by atoms with Gasteiger partial charge in [0.15, 0.2) is 0 Å². The smallest absolute Gasteiger partial charge is 0.328 e. The molecule has 3 amide bonds. The number of nitrogens with two attached hydrogens (primary N) is 1. The van der Waals surface area contributed by atoms with Crippen molar-refractivity contribution in [1.82, 2.24) is 20.9 Å². The van der Waals surface area contributed by atoms with Gasteiger partial charge in [-0.1, -0.05) is 52.3 Å². The van der Waals surface area contributed by atoms with E-state index < -0.39 is 54.5 Å². The quantitative estimate of drug-likeness (QED) is 0.192. The van der Waals surface area contributed by atoms with Gasteiger partial charge in [-0.25, -0.2) is 4.79 Å². The van der Waals surface area contributed by atoms with Crippen LogP contribution < -0.4 is 21.7 Å². The summed E-state index contributed by atoms with van der Waals surface area (Å²) in [6, 6.07) is 3.10. The maximum absolute atomic E-state index is 13.5. The van der Waals surface area contributed by atoms with Gasteiger partial charge >= 0.3 is 5.97 Å². The molecule has 5 atom stereocenters. The van der Waals surface area contributed by atoms with Gasteiger partial charge in [0.1, 0.15) is 18.1 Å². The molecule has 0 aliphatic rings. The second-order valence-electron chi connectivity index (χ2n) is 9.81. The van der Waals surface area contributed by atoms with Crippen molar-refractivity contribution in [2.45, 2.75) is 71.1 Å². The lowest BCUT2D eigenvalue weighted by Crippen LogP contribution is -2.59. The fourth-order valence-corrected chi connectivity index (χ4v) is 4.03. The van der Waals surface area contributed by atoms with Gasteiger partial charge in [-0.05, 0) is 29.9 Å². The van der Waals surface area contributed by atoms with Gasteiger partial charge in [-0.2, -0.15) is 0 Å². The number of hydrogen-bond acceptors (Lipinski definition) is 6. The lowest BCUT2D eigenvalue weighted by atomic mass is 9.96. The van der Waals surface area contributed by atoms with Gasteiger partial charge in [-0.3, -0.25) is 14.4 Å². The van der Waals surface area contributed by atoms with E-state index in [1.54, 1.807) is 13.1 Å². The third-order valence-electron chi connectivity index (χ3n) is 6.38. The second-order valence-corrected chi connectivity index (χ2v) is 9.81. The van der Waals surface area contributed by atoms with Crippen LogP contribution in [0.25, 0.3) is 10.9 Å². The van der Waals surface area contributed by atoms with Crippen LogP contribution in [0.15, 0.2) is 30.5 Å². The average Bonchev–Trinajstić information content (AvgIpc) is 3.26. The molecular formula is C26H39N5O6. The van der Waals surface area contributed by atoms with Crippen LogP contribution in [0.1, 0.15) is 46.1 Å². The summed E-state index contributed by atoms with van der Waals surface area (Å²) in [6.45, 7) is 6.65. The van der Waals surface area contributed by atoms with Crippen LogP contribution in [0.5, 0.6) is 0 Å². The highest BCUT2D eigenvalue weighted by molar-refractivity contribution is 5.95. The van der Waals surface area contributed by atoms with Crippen LogP contribution >= 0.6 is 0 Å². The number of benzene rings is 1. The number of aliphatic hydroxyl groups is 1. The predicted molar refractivity (Wildman–Crippen MR) is 139 cm³/mol. The first-order valence-corrected chi connectivity index (χ1v) is 12.5. The van der Waals surface area contributed by atoms with Crippen molar-refractivity contribution in [1.29, 1.82) is 0 Å². The molecular weight excluding hydrogens is 478 g/mol. The number of aromatic amines is 1. The van der Waals surface area contributed by atoms with Crippen molar-refractivity contribution >= 4 is 34.6 Å². The molecule has 0 radical (unpaired) electrons. The second kappa shape index (κ2) is 13.8. The molecule has 0 aliphatic heterocycles. The third-order valence-corrected chi connectivity index (χ3v) is 6.38. The molecule has 204 valence electrons. The zero-order chi connectivity index (χ0) is 27.7. The number of fused-ring (bicyclic) bond motifs is 1. The van der Waals surface area contributed by atoms with Crippen molar-refractivity contribution in [3.63, 3.8) is 0 Å². The van der Waals surface area contributed by atoms with E-state index in [2.05, 4.69) is 20.9 Å². The Hall–Kier alpha value is -3.44. The Morgan fingerprint density at radius 2 is 1.62 bits per heavy atom. The summed E-state index contributed by atoms with van der Waals surface area (Å²) in [6.07, 6.45) is 2.85. The molecule has 1 aromatic heterocycles. The van der Waals surface area contributed by atoms with Crippen LogP contribution in [0.3, 0.4) is 0 Å². The number of para-hydroxylation sites is 1. The summed E-state index contributed by atoms with van der Waals surface area (Å²) in [5, 5.41) is 27.1. The third kappa shape index (κ3) is 8.29. The number of rotatable bonds is 14. The first-order chi connectivity index (χ1) is 17.5. The Morgan fingerprint density at radius 1 is 0.973 bits per heavy atom. The van der Waals surface area contributed by atoms with E-state index in [0.717, 1.165) is 16.5 Å². The van der Waals surface area contributed by atoms with Crippen LogP contribution in [0.2, 0.25) is 0 Å². The van der Waals surface area contributed by atoms with Gasteiger partial charge in [0.2, 0.25) is 17.7 Å². The molecule has 8 N–H and O–H groups in total. The Kier molecular flexibility index (Phi) is 11.1. The fraction of sp³-hybridized carbons (Fsp3) is 0.538. The maximum atomic E-state index is 13.5. The monoisotopic (exact) mass is 517 g/mol. The number of carbonyl (C=O) groups excluding carboxylic acids is 3. The number of aromatic nitrogens is 1. The number of amides is 3. The van der Waals surface area contributed by atoms with Gasteiger partial charge in [0, 0.05) is 23.5 Å². The fourth-order valence-electron chi connectivity index (χ4n) is 4.03. The first kappa shape index (κ1) is 29.8. The molecule has 11 heteroatoms. The van der Waals surface area contributed by atoms with E-state index in [0.29, 0.717) is 12.8 Å². The lowest BCUT2D eigenvalue weighted by Gasteiger charge is -2.28. The van der Waals surface area contributed by atoms with E-state index in [4.69, 9.17) is 5.73 Å². The number of hydrogen-bond donors (Lipinski definition) is 7. The highest BCUT2D eigenvalue weighted by Gasteiger charge is 2.33. The largest absolute Gasteiger partial charge is 0.480 e. The normalized spacial score (nSPS) is 15.4. The summed E-state index contributed by atoms with van der Waals surface area (Å²) >= 11 is 0.